The molecule has 1 fully saturated rings. The highest BCUT2D eigenvalue weighted by Gasteiger charge is 2.44. The van der Waals surface area contributed by atoms with Gasteiger partial charge >= 0.3 is 0 Å². The maximum atomic E-state index is 12.5. The molecule has 0 radical (unpaired) electrons. The standard InChI is InChI=1S/C30H55N3O3/c1-3-4-5-6-7-8-9-10-11-12-13-14-18-21-28(34)32-26-22-24(2)33(30(26)36)27(29(31)35)23-25-19-16-15-17-20-25/h15-16,24-27,30,36H,3-14,17-23H2,1-2H3,(H2,31,35)(H,32,34)/t24?,25-,26-,27+,30?/m0/s1. The number of carbonyl (C=O) groups excluding carboxylic acids is 2. The first kappa shape index (κ1) is 30.8. The van der Waals surface area contributed by atoms with Crippen molar-refractivity contribution in [1.82, 2.24) is 10.2 Å². The first-order valence-electron chi connectivity index (χ1n) is 15.1. The maximum absolute atomic E-state index is 12.5. The number of nitrogens with zero attached hydrogens (tertiary/aromatic N) is 1. The third-order valence-corrected chi connectivity index (χ3v) is 8.25. The predicted molar refractivity (Wildman–Crippen MR) is 148 cm³/mol. The summed E-state index contributed by atoms with van der Waals surface area (Å²) in [5.74, 6) is 0.0368. The van der Waals surface area contributed by atoms with Crippen LogP contribution in [0.5, 0.6) is 0 Å². The Morgan fingerprint density at radius 2 is 1.56 bits per heavy atom. The molecule has 6 nitrogen and oxygen atoms in total. The van der Waals surface area contributed by atoms with Crippen LogP contribution < -0.4 is 11.1 Å². The first-order chi connectivity index (χ1) is 17.4. The molecule has 2 rings (SSSR count). The Labute approximate surface area is 220 Å². The lowest BCUT2D eigenvalue weighted by molar-refractivity contribution is -0.130. The molecule has 1 aliphatic heterocycles. The van der Waals surface area contributed by atoms with Crippen LogP contribution in [0.3, 0.4) is 0 Å². The number of primary amides is 1. The van der Waals surface area contributed by atoms with Crippen LogP contribution in [0.2, 0.25) is 0 Å². The highest BCUT2D eigenvalue weighted by atomic mass is 16.3. The second-order valence-corrected chi connectivity index (χ2v) is 11.4. The minimum Gasteiger partial charge on any atom is -0.376 e. The second-order valence-electron chi connectivity index (χ2n) is 11.4. The van der Waals surface area contributed by atoms with Gasteiger partial charge in [0.05, 0.1) is 12.1 Å². The van der Waals surface area contributed by atoms with Crippen molar-refractivity contribution in [3.8, 4) is 0 Å². The van der Waals surface area contributed by atoms with Gasteiger partial charge in [-0.05, 0) is 51.4 Å². The average molecular weight is 506 g/mol. The van der Waals surface area contributed by atoms with Crippen molar-refractivity contribution in [2.75, 3.05) is 0 Å². The molecule has 1 aliphatic carbocycles. The van der Waals surface area contributed by atoms with Gasteiger partial charge in [0.15, 0.2) is 0 Å². The van der Waals surface area contributed by atoms with Crippen LogP contribution in [0.25, 0.3) is 0 Å². The fourth-order valence-electron chi connectivity index (χ4n) is 6.06. The van der Waals surface area contributed by atoms with Crippen molar-refractivity contribution >= 4 is 11.8 Å². The molecule has 1 saturated heterocycles. The zero-order valence-corrected chi connectivity index (χ0v) is 23.3. The number of aliphatic hydroxyl groups excluding tert-OH is 1. The molecular weight excluding hydrogens is 450 g/mol. The number of amides is 2. The van der Waals surface area contributed by atoms with Gasteiger partial charge in [0.25, 0.3) is 0 Å². The summed E-state index contributed by atoms with van der Waals surface area (Å²) in [6.45, 7) is 4.28. The Morgan fingerprint density at radius 3 is 2.08 bits per heavy atom. The fourth-order valence-corrected chi connectivity index (χ4v) is 6.06. The van der Waals surface area contributed by atoms with Gasteiger partial charge in [0.2, 0.25) is 11.8 Å². The number of likely N-dealkylation sites (tertiary alicyclic amines) is 1. The molecule has 6 heteroatoms. The first-order valence-corrected chi connectivity index (χ1v) is 15.1. The van der Waals surface area contributed by atoms with E-state index in [9.17, 15) is 14.7 Å². The largest absolute Gasteiger partial charge is 0.376 e. The van der Waals surface area contributed by atoms with Gasteiger partial charge in [-0.25, -0.2) is 0 Å². The van der Waals surface area contributed by atoms with Crippen LogP contribution in [-0.4, -0.2) is 46.2 Å². The molecular formula is C30H55N3O3. The third kappa shape index (κ3) is 11.3. The normalized spacial score (nSPS) is 25.2. The van der Waals surface area contributed by atoms with Crippen LogP contribution in [0.1, 0.15) is 136 Å². The van der Waals surface area contributed by atoms with E-state index in [1.807, 2.05) is 11.8 Å². The molecule has 36 heavy (non-hydrogen) atoms. The lowest BCUT2D eigenvalue weighted by Gasteiger charge is -2.35. The molecule has 208 valence electrons. The minimum absolute atomic E-state index is 0.00160. The van der Waals surface area contributed by atoms with Crippen molar-refractivity contribution < 1.29 is 14.7 Å². The highest BCUT2D eigenvalue weighted by Crippen LogP contribution is 2.31. The summed E-state index contributed by atoms with van der Waals surface area (Å²) in [5, 5.41) is 14.0. The number of aliphatic hydroxyl groups is 1. The molecule has 0 aromatic heterocycles. The fraction of sp³-hybridized carbons (Fsp3) is 0.867. The van der Waals surface area contributed by atoms with Crippen LogP contribution in [0.4, 0.5) is 0 Å². The lowest BCUT2D eigenvalue weighted by Crippen LogP contribution is -2.54. The van der Waals surface area contributed by atoms with E-state index in [1.165, 1.54) is 70.6 Å². The van der Waals surface area contributed by atoms with Crippen molar-refractivity contribution in [2.24, 2.45) is 11.7 Å². The molecule has 5 atom stereocenters. The molecule has 0 spiro atoms. The minimum atomic E-state index is -0.868. The molecule has 2 amide bonds. The molecule has 0 saturated carbocycles. The van der Waals surface area contributed by atoms with Crippen molar-refractivity contribution in [2.45, 2.75) is 160 Å². The summed E-state index contributed by atoms with van der Waals surface area (Å²) in [5.41, 5.74) is 5.77. The van der Waals surface area contributed by atoms with E-state index in [0.29, 0.717) is 25.2 Å². The summed E-state index contributed by atoms with van der Waals surface area (Å²) in [6.07, 6.45) is 25.1. The molecule has 1 heterocycles. The van der Waals surface area contributed by atoms with Gasteiger partial charge < -0.3 is 16.2 Å². The molecule has 4 N–H and O–H groups in total. The van der Waals surface area contributed by atoms with E-state index in [0.717, 1.165) is 32.1 Å². The quantitative estimate of drug-likeness (QED) is 0.149. The number of rotatable bonds is 19. The van der Waals surface area contributed by atoms with Crippen LogP contribution >= 0.6 is 0 Å². The summed E-state index contributed by atoms with van der Waals surface area (Å²) in [6, 6.07) is -0.838. The Balaban J connectivity index is 1.59. The third-order valence-electron chi connectivity index (χ3n) is 8.25. The van der Waals surface area contributed by atoms with Gasteiger partial charge in [-0.1, -0.05) is 96.1 Å². The van der Waals surface area contributed by atoms with Crippen molar-refractivity contribution in [1.29, 1.82) is 0 Å². The van der Waals surface area contributed by atoms with Crippen LogP contribution in [0, 0.1) is 5.92 Å². The van der Waals surface area contributed by atoms with E-state index in [-0.39, 0.29) is 23.9 Å². The number of nitrogens with one attached hydrogen (secondary N) is 1. The number of unbranched alkanes of at least 4 members (excludes halogenated alkanes) is 12. The number of nitrogens with two attached hydrogens (primary N) is 1. The summed E-state index contributed by atoms with van der Waals surface area (Å²) in [4.78, 5) is 26.7. The van der Waals surface area contributed by atoms with Gasteiger partial charge in [-0.2, -0.15) is 0 Å². The maximum Gasteiger partial charge on any atom is 0.234 e. The SMILES string of the molecule is CCCCCCCCCCCCCCCC(=O)N[C@H]1CC(C)N([C@H](C[C@H]2CC=CCC2)C(N)=O)C1O. The van der Waals surface area contributed by atoms with Gasteiger partial charge in [0.1, 0.15) is 6.23 Å². The van der Waals surface area contributed by atoms with Crippen molar-refractivity contribution in [3.05, 3.63) is 12.2 Å². The van der Waals surface area contributed by atoms with Crippen molar-refractivity contribution in [3.63, 3.8) is 0 Å². The lowest BCUT2D eigenvalue weighted by atomic mass is 9.87. The molecule has 2 aliphatic rings. The topological polar surface area (TPSA) is 95.7 Å². The zero-order valence-electron chi connectivity index (χ0n) is 23.3. The molecule has 0 aromatic carbocycles. The summed E-state index contributed by atoms with van der Waals surface area (Å²) in [7, 11) is 0. The Kier molecular flexibility index (Phi) is 15.4. The molecule has 0 aromatic rings. The number of hydrogen-bond acceptors (Lipinski definition) is 4. The average Bonchev–Trinajstić information content (AvgIpc) is 3.13. The summed E-state index contributed by atoms with van der Waals surface area (Å²) >= 11 is 0. The number of allylic oxidation sites excluding steroid dienone is 2. The van der Waals surface area contributed by atoms with E-state index in [4.69, 9.17) is 5.73 Å². The second kappa shape index (κ2) is 18.0. The van der Waals surface area contributed by atoms with E-state index in [1.54, 1.807) is 0 Å². The van der Waals surface area contributed by atoms with E-state index >= 15 is 0 Å². The predicted octanol–water partition coefficient (Wildman–Crippen LogP) is 5.97. The monoisotopic (exact) mass is 505 g/mol. The van der Waals surface area contributed by atoms with Gasteiger partial charge in [-0.15, -0.1) is 0 Å². The van der Waals surface area contributed by atoms with E-state index in [2.05, 4.69) is 24.4 Å². The van der Waals surface area contributed by atoms with Gasteiger partial charge in [-0.3, -0.25) is 14.5 Å². The van der Waals surface area contributed by atoms with Crippen LogP contribution in [0.15, 0.2) is 12.2 Å². The Bertz CT molecular complexity index is 653. The number of carbonyl (C=O) groups is 2. The van der Waals surface area contributed by atoms with E-state index < -0.39 is 12.3 Å². The Morgan fingerprint density at radius 1 is 0.972 bits per heavy atom. The summed E-state index contributed by atoms with van der Waals surface area (Å²) < 4.78 is 0. The zero-order chi connectivity index (χ0) is 26.2. The Hall–Kier alpha value is -1.40. The smallest absolute Gasteiger partial charge is 0.234 e. The van der Waals surface area contributed by atoms with Gasteiger partial charge in [0, 0.05) is 12.5 Å². The van der Waals surface area contributed by atoms with Crippen LogP contribution in [-0.2, 0) is 9.59 Å². The molecule has 0 bridgehead atoms. The molecule has 2 unspecified atom stereocenters. The highest BCUT2D eigenvalue weighted by molar-refractivity contribution is 5.80. The number of hydrogen-bond donors (Lipinski definition) is 3.